The van der Waals surface area contributed by atoms with Crippen LogP contribution < -0.4 is 5.32 Å². The fourth-order valence-electron chi connectivity index (χ4n) is 2.67. The average molecular weight is 342 g/mol. The molecule has 0 fully saturated rings. The lowest BCUT2D eigenvalue weighted by atomic mass is 10.0. The molecule has 0 saturated heterocycles. The number of esters is 1. The van der Waals surface area contributed by atoms with Gasteiger partial charge in [0.25, 0.3) is 0 Å². The number of thiophene rings is 1. The second kappa shape index (κ2) is 7.31. The van der Waals surface area contributed by atoms with Gasteiger partial charge in [-0.15, -0.1) is 11.3 Å². The van der Waals surface area contributed by atoms with E-state index in [0.29, 0.717) is 6.42 Å². The average Bonchev–Trinajstić information content (AvgIpc) is 3.23. The SMILES string of the molecule is COC(=O)C(Cc1c[nH]c2ccccc12)NC(=O)Cc1cccs1. The molecule has 1 aromatic carbocycles. The van der Waals surface area contributed by atoms with Gasteiger partial charge in [-0.2, -0.15) is 0 Å². The molecule has 3 rings (SSSR count). The van der Waals surface area contributed by atoms with E-state index >= 15 is 0 Å². The largest absolute Gasteiger partial charge is 0.467 e. The first-order chi connectivity index (χ1) is 11.7. The molecule has 5 nitrogen and oxygen atoms in total. The van der Waals surface area contributed by atoms with Crippen LogP contribution in [-0.4, -0.2) is 30.0 Å². The first kappa shape index (κ1) is 16.3. The smallest absolute Gasteiger partial charge is 0.328 e. The summed E-state index contributed by atoms with van der Waals surface area (Å²) >= 11 is 1.52. The van der Waals surface area contributed by atoms with Gasteiger partial charge < -0.3 is 15.0 Å². The lowest BCUT2D eigenvalue weighted by molar-refractivity contribution is -0.145. The molecule has 0 saturated carbocycles. The predicted octanol–water partition coefficient (Wildman–Crippen LogP) is 2.67. The molecule has 0 radical (unpaired) electrons. The maximum absolute atomic E-state index is 12.2. The van der Waals surface area contributed by atoms with E-state index in [0.717, 1.165) is 21.3 Å². The van der Waals surface area contributed by atoms with Gasteiger partial charge in [0.2, 0.25) is 5.91 Å². The first-order valence-corrected chi connectivity index (χ1v) is 8.50. The number of nitrogens with one attached hydrogen (secondary N) is 2. The van der Waals surface area contributed by atoms with Crippen molar-refractivity contribution in [3.05, 3.63) is 58.4 Å². The molecular weight excluding hydrogens is 324 g/mol. The van der Waals surface area contributed by atoms with Crippen molar-refractivity contribution >= 4 is 34.1 Å². The first-order valence-electron chi connectivity index (χ1n) is 7.62. The zero-order valence-electron chi connectivity index (χ0n) is 13.2. The van der Waals surface area contributed by atoms with E-state index in [1.807, 2.05) is 48.0 Å². The van der Waals surface area contributed by atoms with E-state index < -0.39 is 12.0 Å². The molecule has 0 aliphatic rings. The molecule has 1 amide bonds. The summed E-state index contributed by atoms with van der Waals surface area (Å²) < 4.78 is 4.85. The lowest BCUT2D eigenvalue weighted by Crippen LogP contribution is -2.43. The van der Waals surface area contributed by atoms with Crippen LogP contribution in [0.15, 0.2) is 48.0 Å². The number of benzene rings is 1. The highest BCUT2D eigenvalue weighted by Crippen LogP contribution is 2.19. The zero-order chi connectivity index (χ0) is 16.9. The number of ether oxygens (including phenoxy) is 1. The molecular formula is C18H18N2O3S. The number of carbonyl (C=O) groups excluding carboxylic acids is 2. The maximum atomic E-state index is 12.2. The van der Waals surface area contributed by atoms with Crippen molar-refractivity contribution in [3.8, 4) is 0 Å². The van der Waals surface area contributed by atoms with Gasteiger partial charge in [-0.1, -0.05) is 24.3 Å². The van der Waals surface area contributed by atoms with Crippen molar-refractivity contribution in [1.82, 2.24) is 10.3 Å². The van der Waals surface area contributed by atoms with Gasteiger partial charge in [0.05, 0.1) is 13.5 Å². The Kier molecular flexibility index (Phi) is 4.96. The monoisotopic (exact) mass is 342 g/mol. The van der Waals surface area contributed by atoms with Crippen LogP contribution in [-0.2, 0) is 27.2 Å². The highest BCUT2D eigenvalue weighted by Gasteiger charge is 2.23. The molecule has 24 heavy (non-hydrogen) atoms. The molecule has 0 spiro atoms. The second-order valence-electron chi connectivity index (χ2n) is 5.46. The number of fused-ring (bicyclic) bond motifs is 1. The number of amides is 1. The highest BCUT2D eigenvalue weighted by molar-refractivity contribution is 7.10. The summed E-state index contributed by atoms with van der Waals surface area (Å²) in [4.78, 5) is 28.4. The van der Waals surface area contributed by atoms with Gasteiger partial charge in [0.1, 0.15) is 6.04 Å². The fourth-order valence-corrected chi connectivity index (χ4v) is 3.38. The molecule has 6 heteroatoms. The van der Waals surface area contributed by atoms with Crippen molar-refractivity contribution in [2.45, 2.75) is 18.9 Å². The normalized spacial score (nSPS) is 12.0. The molecule has 2 aromatic heterocycles. The number of aromatic amines is 1. The van der Waals surface area contributed by atoms with E-state index in [9.17, 15) is 9.59 Å². The molecule has 2 heterocycles. The molecule has 1 unspecified atom stereocenters. The Morgan fingerprint density at radius 1 is 1.25 bits per heavy atom. The Morgan fingerprint density at radius 2 is 2.08 bits per heavy atom. The van der Waals surface area contributed by atoms with E-state index in [2.05, 4.69) is 10.3 Å². The standard InChI is InChI=1S/C18H18N2O3S/c1-23-18(22)16(20-17(21)10-13-5-4-8-24-13)9-12-11-19-15-7-3-2-6-14(12)15/h2-8,11,16,19H,9-10H2,1H3,(H,20,21). The van der Waals surface area contributed by atoms with Crippen LogP contribution in [0.5, 0.6) is 0 Å². The van der Waals surface area contributed by atoms with E-state index in [4.69, 9.17) is 4.74 Å². The lowest BCUT2D eigenvalue weighted by Gasteiger charge is -2.16. The predicted molar refractivity (Wildman–Crippen MR) is 94.0 cm³/mol. The van der Waals surface area contributed by atoms with Crippen LogP contribution in [0.1, 0.15) is 10.4 Å². The van der Waals surface area contributed by atoms with Crippen molar-refractivity contribution < 1.29 is 14.3 Å². The topological polar surface area (TPSA) is 71.2 Å². The summed E-state index contributed by atoms with van der Waals surface area (Å²) in [6, 6.07) is 10.9. The van der Waals surface area contributed by atoms with E-state index in [1.54, 1.807) is 0 Å². The Labute approximate surface area is 143 Å². The number of H-pyrrole nitrogens is 1. The summed E-state index contributed by atoms with van der Waals surface area (Å²) in [5, 5.41) is 5.75. The zero-order valence-corrected chi connectivity index (χ0v) is 14.1. The molecule has 0 aliphatic carbocycles. The molecule has 0 aliphatic heterocycles. The van der Waals surface area contributed by atoms with Crippen molar-refractivity contribution in [2.75, 3.05) is 7.11 Å². The number of para-hydroxylation sites is 1. The van der Waals surface area contributed by atoms with Gasteiger partial charge in [0.15, 0.2) is 0 Å². The van der Waals surface area contributed by atoms with Crippen molar-refractivity contribution in [2.24, 2.45) is 0 Å². The molecule has 3 aromatic rings. The number of aromatic nitrogens is 1. The van der Waals surface area contributed by atoms with Gasteiger partial charge >= 0.3 is 5.97 Å². The minimum absolute atomic E-state index is 0.187. The Hall–Kier alpha value is -2.60. The third-order valence-corrected chi connectivity index (χ3v) is 4.71. The van der Waals surface area contributed by atoms with Gasteiger partial charge in [0, 0.05) is 28.4 Å². The number of hydrogen-bond acceptors (Lipinski definition) is 4. The summed E-state index contributed by atoms with van der Waals surface area (Å²) in [5.41, 5.74) is 1.97. The van der Waals surface area contributed by atoms with Gasteiger partial charge in [-0.25, -0.2) is 4.79 Å². The maximum Gasteiger partial charge on any atom is 0.328 e. The van der Waals surface area contributed by atoms with Crippen LogP contribution in [0.2, 0.25) is 0 Å². The van der Waals surface area contributed by atoms with Gasteiger partial charge in [-0.05, 0) is 23.1 Å². The van der Waals surface area contributed by atoms with Crippen molar-refractivity contribution in [3.63, 3.8) is 0 Å². The highest BCUT2D eigenvalue weighted by atomic mass is 32.1. The number of methoxy groups -OCH3 is 1. The minimum Gasteiger partial charge on any atom is -0.467 e. The van der Waals surface area contributed by atoms with Crippen LogP contribution in [0.25, 0.3) is 10.9 Å². The fraction of sp³-hybridized carbons (Fsp3) is 0.222. The van der Waals surface area contributed by atoms with E-state index in [1.165, 1.54) is 18.4 Å². The van der Waals surface area contributed by atoms with Crippen LogP contribution in [0, 0.1) is 0 Å². The second-order valence-corrected chi connectivity index (χ2v) is 6.50. The Bertz CT molecular complexity index is 839. The third-order valence-electron chi connectivity index (χ3n) is 3.83. The quantitative estimate of drug-likeness (QED) is 0.677. The minimum atomic E-state index is -0.707. The van der Waals surface area contributed by atoms with Crippen molar-refractivity contribution in [1.29, 1.82) is 0 Å². The number of rotatable bonds is 6. The Morgan fingerprint density at radius 3 is 2.83 bits per heavy atom. The number of hydrogen-bond donors (Lipinski definition) is 2. The molecule has 124 valence electrons. The van der Waals surface area contributed by atoms with E-state index in [-0.39, 0.29) is 12.3 Å². The summed E-state index contributed by atoms with van der Waals surface area (Å²) in [6.45, 7) is 0. The Balaban J connectivity index is 1.74. The molecule has 0 bridgehead atoms. The number of carbonyl (C=O) groups is 2. The van der Waals surface area contributed by atoms with Crippen LogP contribution >= 0.6 is 11.3 Å². The summed E-state index contributed by atoms with van der Waals surface area (Å²) in [5.74, 6) is -0.632. The summed E-state index contributed by atoms with van der Waals surface area (Å²) in [7, 11) is 1.33. The van der Waals surface area contributed by atoms with Crippen LogP contribution in [0.3, 0.4) is 0 Å². The molecule has 1 atom stereocenters. The molecule has 2 N–H and O–H groups in total. The van der Waals surface area contributed by atoms with Gasteiger partial charge in [-0.3, -0.25) is 4.79 Å². The third kappa shape index (κ3) is 3.65. The summed E-state index contributed by atoms with van der Waals surface area (Å²) in [6.07, 6.45) is 2.51. The van der Waals surface area contributed by atoms with Crippen LogP contribution in [0.4, 0.5) is 0 Å².